The van der Waals surface area contributed by atoms with Gasteiger partial charge in [0.05, 0.1) is 0 Å². The van der Waals surface area contributed by atoms with Gasteiger partial charge in [0.1, 0.15) is 11.8 Å². The van der Waals surface area contributed by atoms with Gasteiger partial charge in [-0.3, -0.25) is 9.79 Å². The van der Waals surface area contributed by atoms with Crippen molar-refractivity contribution in [2.24, 2.45) is 5.73 Å². The molecule has 0 bridgehead atoms. The molecule has 1 rings (SSSR count). The summed E-state index contributed by atoms with van der Waals surface area (Å²) < 4.78 is 14.3. The fraction of sp³-hybridized carbons (Fsp3) is 0.222. The average molecular weight is 261 g/mol. The maximum Gasteiger partial charge on any atom is 0.527 e. The van der Waals surface area contributed by atoms with Crippen LogP contribution in [0.4, 0.5) is 0 Å². The Morgan fingerprint density at radius 1 is 1.35 bits per heavy atom. The van der Waals surface area contributed by atoms with E-state index in [1.165, 1.54) is 12.1 Å². The summed E-state index contributed by atoms with van der Waals surface area (Å²) in [5, 5.41) is 9.03. The highest BCUT2D eigenvalue weighted by atomic mass is 31.2. The van der Waals surface area contributed by atoms with Crippen LogP contribution in [-0.4, -0.2) is 26.9 Å². The summed E-state index contributed by atoms with van der Waals surface area (Å²) in [4.78, 5) is 28.0. The molecule has 0 spiro atoms. The third-order valence-corrected chi connectivity index (χ3v) is 2.32. The molecule has 1 aromatic carbocycles. The number of benzene rings is 1. The normalized spacial score (nSPS) is 13.1. The van der Waals surface area contributed by atoms with Crippen molar-refractivity contribution in [2.75, 3.05) is 0 Å². The molecule has 1 aromatic rings. The maximum atomic E-state index is 11.1. The van der Waals surface area contributed by atoms with Crippen LogP contribution in [-0.2, 0) is 20.3 Å². The SMILES string of the molecule is NC(Cc1ccc(O)cc1)C(=O)OP(=O)(O)O. The molecule has 0 saturated carbocycles. The summed E-state index contributed by atoms with van der Waals surface area (Å²) in [6.07, 6.45) is 0.0547. The summed E-state index contributed by atoms with van der Waals surface area (Å²) in [5.41, 5.74) is 6.05. The number of phosphoric ester groups is 1. The number of phenols is 1. The number of hydrogen-bond donors (Lipinski definition) is 4. The Kier molecular flexibility index (Phi) is 4.25. The van der Waals surface area contributed by atoms with E-state index in [-0.39, 0.29) is 12.2 Å². The van der Waals surface area contributed by atoms with Crippen LogP contribution in [0.2, 0.25) is 0 Å². The van der Waals surface area contributed by atoms with Gasteiger partial charge in [0.2, 0.25) is 0 Å². The molecule has 0 aliphatic rings. The van der Waals surface area contributed by atoms with Crippen molar-refractivity contribution in [1.29, 1.82) is 0 Å². The summed E-state index contributed by atoms with van der Waals surface area (Å²) in [6, 6.07) is 4.74. The molecule has 1 unspecified atom stereocenters. The van der Waals surface area contributed by atoms with Gasteiger partial charge >= 0.3 is 13.8 Å². The standard InChI is InChI=1S/C9H12NO6P/c10-8(9(12)16-17(13,14)15)5-6-1-3-7(11)4-2-6/h1-4,8,11H,5,10H2,(H2,13,14,15). The highest BCUT2D eigenvalue weighted by Gasteiger charge is 2.25. The minimum absolute atomic E-state index is 0.0547. The molecular formula is C9H12NO6P. The van der Waals surface area contributed by atoms with Gasteiger partial charge in [-0.05, 0) is 24.1 Å². The molecule has 0 heterocycles. The lowest BCUT2D eigenvalue weighted by Gasteiger charge is -2.11. The monoisotopic (exact) mass is 261 g/mol. The molecule has 17 heavy (non-hydrogen) atoms. The molecule has 7 nitrogen and oxygen atoms in total. The Hall–Kier alpha value is -1.40. The zero-order chi connectivity index (χ0) is 13.1. The summed E-state index contributed by atoms with van der Waals surface area (Å²) in [6.45, 7) is 0. The molecule has 0 aliphatic heterocycles. The number of carbonyl (C=O) groups excluding carboxylic acids is 1. The first-order valence-electron chi connectivity index (χ1n) is 4.60. The van der Waals surface area contributed by atoms with E-state index in [2.05, 4.69) is 4.52 Å². The van der Waals surface area contributed by atoms with E-state index in [4.69, 9.17) is 20.6 Å². The molecule has 0 aliphatic carbocycles. The average Bonchev–Trinajstić information content (AvgIpc) is 2.19. The van der Waals surface area contributed by atoms with Crippen molar-refractivity contribution in [2.45, 2.75) is 12.5 Å². The molecule has 94 valence electrons. The van der Waals surface area contributed by atoms with E-state index in [1.54, 1.807) is 12.1 Å². The van der Waals surface area contributed by atoms with Crippen LogP contribution in [0.1, 0.15) is 5.56 Å². The first kappa shape index (κ1) is 13.7. The second-order valence-electron chi connectivity index (χ2n) is 3.38. The lowest BCUT2D eigenvalue weighted by atomic mass is 10.1. The van der Waals surface area contributed by atoms with Crippen LogP contribution in [0.5, 0.6) is 5.75 Å². The third-order valence-electron chi connectivity index (χ3n) is 1.90. The first-order chi connectivity index (χ1) is 7.78. The van der Waals surface area contributed by atoms with Gasteiger partial charge in [-0.25, -0.2) is 9.36 Å². The van der Waals surface area contributed by atoms with Crippen LogP contribution in [0.15, 0.2) is 24.3 Å². The number of hydrogen-bond acceptors (Lipinski definition) is 5. The van der Waals surface area contributed by atoms with Crippen molar-refractivity contribution < 1.29 is 28.8 Å². The number of carbonyl (C=O) groups is 1. The second kappa shape index (κ2) is 5.29. The molecule has 0 fully saturated rings. The number of phenolic OH excluding ortho intramolecular Hbond substituents is 1. The molecule has 5 N–H and O–H groups in total. The van der Waals surface area contributed by atoms with E-state index in [9.17, 15) is 9.36 Å². The van der Waals surface area contributed by atoms with Crippen molar-refractivity contribution in [3.05, 3.63) is 29.8 Å². The topological polar surface area (TPSA) is 130 Å². The summed E-state index contributed by atoms with van der Waals surface area (Å²) in [7, 11) is -4.86. The van der Waals surface area contributed by atoms with Gasteiger partial charge in [0.15, 0.2) is 0 Å². The largest absolute Gasteiger partial charge is 0.527 e. The minimum Gasteiger partial charge on any atom is -0.508 e. The highest BCUT2D eigenvalue weighted by Crippen LogP contribution is 2.36. The van der Waals surface area contributed by atoms with E-state index in [1.807, 2.05) is 0 Å². The third kappa shape index (κ3) is 4.97. The van der Waals surface area contributed by atoms with Crippen LogP contribution >= 0.6 is 7.82 Å². The predicted molar refractivity (Wildman–Crippen MR) is 57.9 cm³/mol. The van der Waals surface area contributed by atoms with Crippen LogP contribution in [0, 0.1) is 0 Å². The molecule has 0 aromatic heterocycles. The second-order valence-corrected chi connectivity index (χ2v) is 4.54. The summed E-state index contributed by atoms with van der Waals surface area (Å²) in [5.74, 6) is -1.11. The maximum absolute atomic E-state index is 11.1. The van der Waals surface area contributed by atoms with E-state index in [0.717, 1.165) is 0 Å². The van der Waals surface area contributed by atoms with Crippen LogP contribution < -0.4 is 5.73 Å². The predicted octanol–water partition coefficient (Wildman–Crippen LogP) is -0.102. The van der Waals surface area contributed by atoms with Gasteiger partial charge in [-0.15, -0.1) is 0 Å². The fourth-order valence-electron chi connectivity index (χ4n) is 1.15. The Morgan fingerprint density at radius 2 is 1.88 bits per heavy atom. The van der Waals surface area contributed by atoms with Crippen molar-refractivity contribution >= 4 is 13.8 Å². The van der Waals surface area contributed by atoms with Crippen molar-refractivity contribution in [3.8, 4) is 5.75 Å². The Labute approximate surface area is 97.1 Å². The number of aromatic hydroxyl groups is 1. The van der Waals surface area contributed by atoms with Crippen molar-refractivity contribution in [1.82, 2.24) is 0 Å². The molecule has 0 radical (unpaired) electrons. The highest BCUT2D eigenvalue weighted by molar-refractivity contribution is 7.46. The fourth-order valence-corrected chi connectivity index (χ4v) is 1.52. The molecule has 8 heteroatoms. The minimum atomic E-state index is -4.86. The van der Waals surface area contributed by atoms with E-state index >= 15 is 0 Å². The molecular weight excluding hydrogens is 249 g/mol. The Bertz CT molecular complexity index is 439. The van der Waals surface area contributed by atoms with E-state index < -0.39 is 19.8 Å². The van der Waals surface area contributed by atoms with Crippen LogP contribution in [0.3, 0.4) is 0 Å². The smallest absolute Gasteiger partial charge is 0.508 e. The number of nitrogens with two attached hydrogens (primary N) is 1. The summed E-state index contributed by atoms with van der Waals surface area (Å²) >= 11 is 0. The van der Waals surface area contributed by atoms with Crippen molar-refractivity contribution in [3.63, 3.8) is 0 Å². The molecule has 0 amide bonds. The van der Waals surface area contributed by atoms with Gasteiger partial charge < -0.3 is 15.4 Å². The molecule has 0 saturated heterocycles. The van der Waals surface area contributed by atoms with Gasteiger partial charge in [0.25, 0.3) is 0 Å². The van der Waals surface area contributed by atoms with E-state index in [0.29, 0.717) is 5.56 Å². The number of rotatable bonds is 4. The zero-order valence-electron chi connectivity index (χ0n) is 8.68. The van der Waals surface area contributed by atoms with Crippen LogP contribution in [0.25, 0.3) is 0 Å². The lowest BCUT2D eigenvalue weighted by molar-refractivity contribution is -0.137. The Morgan fingerprint density at radius 3 is 2.35 bits per heavy atom. The lowest BCUT2D eigenvalue weighted by Crippen LogP contribution is -2.33. The number of phosphoric acid groups is 1. The van der Waals surface area contributed by atoms with Gasteiger partial charge in [-0.2, -0.15) is 0 Å². The molecule has 1 atom stereocenters. The Balaban J connectivity index is 2.60. The zero-order valence-corrected chi connectivity index (χ0v) is 9.58. The van der Waals surface area contributed by atoms with Gasteiger partial charge in [0, 0.05) is 0 Å². The quantitative estimate of drug-likeness (QED) is 0.556. The van der Waals surface area contributed by atoms with Gasteiger partial charge in [-0.1, -0.05) is 12.1 Å². The first-order valence-corrected chi connectivity index (χ1v) is 6.13.